The average molecular weight is 314 g/mol. The van der Waals surface area contributed by atoms with Gasteiger partial charge in [0.25, 0.3) is 0 Å². The monoisotopic (exact) mass is 314 g/mol. The molecule has 120 valence electrons. The molecular weight excluding hydrogens is 295 g/mol. The molecule has 0 aromatic heterocycles. The van der Waals surface area contributed by atoms with Crippen molar-refractivity contribution in [1.82, 2.24) is 5.32 Å². The van der Waals surface area contributed by atoms with E-state index in [9.17, 15) is 14.0 Å². The van der Waals surface area contributed by atoms with Crippen LogP contribution in [0.2, 0.25) is 0 Å². The standard InChI is InChI=1S/C18H19FN2O2/c1-13-5-4-7-15(11-13)21-18(23)12-17(22)20-10-9-14-6-2-3-8-16(14)19/h2-8,11H,9-10,12H2,1H3,(H,20,22)(H,21,23). The molecule has 0 bridgehead atoms. The predicted octanol–water partition coefficient (Wildman–Crippen LogP) is 2.82. The highest BCUT2D eigenvalue weighted by Gasteiger charge is 2.10. The molecule has 0 aliphatic rings. The number of carbonyl (C=O) groups is 2. The van der Waals surface area contributed by atoms with Crippen LogP contribution in [-0.4, -0.2) is 18.4 Å². The van der Waals surface area contributed by atoms with Crippen molar-refractivity contribution in [3.8, 4) is 0 Å². The molecule has 0 fully saturated rings. The molecule has 4 nitrogen and oxygen atoms in total. The molecule has 2 rings (SSSR count). The normalized spacial score (nSPS) is 10.2. The van der Waals surface area contributed by atoms with Gasteiger partial charge in [0.15, 0.2) is 0 Å². The molecule has 0 heterocycles. The van der Waals surface area contributed by atoms with Crippen LogP contribution in [0.15, 0.2) is 48.5 Å². The maximum Gasteiger partial charge on any atom is 0.233 e. The minimum atomic E-state index is -0.383. The molecule has 0 saturated carbocycles. The first kappa shape index (κ1) is 16.7. The Labute approximate surface area is 134 Å². The van der Waals surface area contributed by atoms with Crippen LogP contribution in [0.1, 0.15) is 17.5 Å². The second-order valence-corrected chi connectivity index (χ2v) is 5.29. The summed E-state index contributed by atoms with van der Waals surface area (Å²) in [6.45, 7) is 2.21. The van der Waals surface area contributed by atoms with Gasteiger partial charge in [-0.25, -0.2) is 4.39 Å². The fraction of sp³-hybridized carbons (Fsp3) is 0.222. The molecule has 23 heavy (non-hydrogen) atoms. The Balaban J connectivity index is 1.74. The van der Waals surface area contributed by atoms with Crippen molar-refractivity contribution in [2.24, 2.45) is 0 Å². The predicted molar refractivity (Wildman–Crippen MR) is 87.5 cm³/mol. The maximum atomic E-state index is 13.4. The third-order valence-corrected chi connectivity index (χ3v) is 3.30. The lowest BCUT2D eigenvalue weighted by Gasteiger charge is -2.07. The molecule has 0 atom stereocenters. The Bertz CT molecular complexity index is 701. The summed E-state index contributed by atoms with van der Waals surface area (Å²) in [5.41, 5.74) is 2.23. The number of halogens is 1. The Morgan fingerprint density at radius 1 is 1.04 bits per heavy atom. The van der Waals surface area contributed by atoms with E-state index >= 15 is 0 Å². The lowest BCUT2D eigenvalue weighted by molar-refractivity contribution is -0.126. The van der Waals surface area contributed by atoms with Gasteiger partial charge in [-0.3, -0.25) is 9.59 Å². The van der Waals surface area contributed by atoms with E-state index in [1.807, 2.05) is 25.1 Å². The summed E-state index contributed by atoms with van der Waals surface area (Å²) in [6, 6.07) is 13.8. The van der Waals surface area contributed by atoms with Crippen LogP contribution in [0.25, 0.3) is 0 Å². The van der Waals surface area contributed by atoms with Gasteiger partial charge in [0, 0.05) is 12.2 Å². The zero-order valence-corrected chi connectivity index (χ0v) is 12.9. The number of nitrogens with one attached hydrogen (secondary N) is 2. The smallest absolute Gasteiger partial charge is 0.233 e. The second-order valence-electron chi connectivity index (χ2n) is 5.29. The largest absolute Gasteiger partial charge is 0.355 e. The lowest BCUT2D eigenvalue weighted by Crippen LogP contribution is -2.29. The molecule has 0 radical (unpaired) electrons. The van der Waals surface area contributed by atoms with E-state index in [1.165, 1.54) is 6.07 Å². The number of anilines is 1. The van der Waals surface area contributed by atoms with Gasteiger partial charge in [0.05, 0.1) is 0 Å². The molecule has 2 aromatic rings. The summed E-state index contributed by atoms with van der Waals surface area (Å²) in [5.74, 6) is -1.05. The third kappa shape index (κ3) is 5.54. The fourth-order valence-electron chi connectivity index (χ4n) is 2.17. The van der Waals surface area contributed by atoms with Gasteiger partial charge >= 0.3 is 0 Å². The number of aryl methyl sites for hydroxylation is 1. The number of amides is 2. The van der Waals surface area contributed by atoms with Gasteiger partial charge in [-0.2, -0.15) is 0 Å². The van der Waals surface area contributed by atoms with Gasteiger partial charge in [0.1, 0.15) is 12.2 Å². The molecule has 5 heteroatoms. The number of benzene rings is 2. The summed E-state index contributed by atoms with van der Waals surface area (Å²) in [6.07, 6.45) is 0.128. The minimum Gasteiger partial charge on any atom is -0.355 e. The van der Waals surface area contributed by atoms with Crippen LogP contribution in [-0.2, 0) is 16.0 Å². The molecule has 0 unspecified atom stereocenters. The highest BCUT2D eigenvalue weighted by molar-refractivity contribution is 6.03. The first-order chi connectivity index (χ1) is 11.0. The van der Waals surface area contributed by atoms with Gasteiger partial charge in [-0.15, -0.1) is 0 Å². The van der Waals surface area contributed by atoms with E-state index in [2.05, 4.69) is 10.6 Å². The molecule has 2 aromatic carbocycles. The van der Waals surface area contributed by atoms with E-state index in [0.717, 1.165) is 5.56 Å². The minimum absolute atomic E-state index is 0.259. The Hall–Kier alpha value is -2.69. The Morgan fingerprint density at radius 2 is 1.83 bits per heavy atom. The quantitative estimate of drug-likeness (QED) is 0.806. The SMILES string of the molecule is Cc1cccc(NC(=O)CC(=O)NCCc2ccccc2F)c1. The molecule has 0 aliphatic carbocycles. The molecule has 2 amide bonds. The third-order valence-electron chi connectivity index (χ3n) is 3.30. The molecule has 0 saturated heterocycles. The molecular formula is C18H19FN2O2. The van der Waals surface area contributed by atoms with Gasteiger partial charge in [0.2, 0.25) is 11.8 Å². The van der Waals surface area contributed by atoms with E-state index in [0.29, 0.717) is 17.7 Å². The Morgan fingerprint density at radius 3 is 2.57 bits per heavy atom. The topological polar surface area (TPSA) is 58.2 Å². The lowest BCUT2D eigenvalue weighted by atomic mass is 10.1. The first-order valence-corrected chi connectivity index (χ1v) is 7.41. The molecule has 0 aliphatic heterocycles. The van der Waals surface area contributed by atoms with Crippen molar-refractivity contribution >= 4 is 17.5 Å². The van der Waals surface area contributed by atoms with Crippen LogP contribution in [0.5, 0.6) is 0 Å². The summed E-state index contributed by atoms with van der Waals surface area (Å²) in [7, 11) is 0. The van der Waals surface area contributed by atoms with Crippen molar-refractivity contribution in [2.45, 2.75) is 19.8 Å². The average Bonchev–Trinajstić information content (AvgIpc) is 2.49. The number of rotatable bonds is 6. The van der Waals surface area contributed by atoms with Crippen LogP contribution < -0.4 is 10.6 Å². The molecule has 2 N–H and O–H groups in total. The molecule has 0 spiro atoms. The van der Waals surface area contributed by atoms with Crippen LogP contribution in [0.4, 0.5) is 10.1 Å². The van der Waals surface area contributed by atoms with Crippen molar-refractivity contribution < 1.29 is 14.0 Å². The van der Waals surface area contributed by atoms with Crippen LogP contribution in [0, 0.1) is 12.7 Å². The second kappa shape index (κ2) is 8.08. The maximum absolute atomic E-state index is 13.4. The zero-order chi connectivity index (χ0) is 16.7. The summed E-state index contributed by atoms with van der Waals surface area (Å²) < 4.78 is 13.4. The summed E-state index contributed by atoms with van der Waals surface area (Å²) in [4.78, 5) is 23.5. The van der Waals surface area contributed by atoms with E-state index in [-0.39, 0.29) is 30.6 Å². The zero-order valence-electron chi connectivity index (χ0n) is 12.9. The van der Waals surface area contributed by atoms with Gasteiger partial charge < -0.3 is 10.6 Å². The highest BCUT2D eigenvalue weighted by Crippen LogP contribution is 2.10. The van der Waals surface area contributed by atoms with E-state index < -0.39 is 0 Å². The van der Waals surface area contributed by atoms with Crippen molar-refractivity contribution in [3.05, 3.63) is 65.5 Å². The fourth-order valence-corrected chi connectivity index (χ4v) is 2.17. The number of hydrogen-bond donors (Lipinski definition) is 2. The van der Waals surface area contributed by atoms with Gasteiger partial charge in [-0.1, -0.05) is 30.3 Å². The van der Waals surface area contributed by atoms with Gasteiger partial charge in [-0.05, 0) is 42.7 Å². The van der Waals surface area contributed by atoms with E-state index in [1.54, 1.807) is 24.3 Å². The van der Waals surface area contributed by atoms with Crippen LogP contribution in [0.3, 0.4) is 0 Å². The summed E-state index contributed by atoms with van der Waals surface area (Å²) >= 11 is 0. The Kier molecular flexibility index (Phi) is 5.86. The van der Waals surface area contributed by atoms with Crippen LogP contribution >= 0.6 is 0 Å². The van der Waals surface area contributed by atoms with E-state index in [4.69, 9.17) is 0 Å². The number of carbonyl (C=O) groups excluding carboxylic acids is 2. The first-order valence-electron chi connectivity index (χ1n) is 7.41. The van der Waals surface area contributed by atoms with Crippen molar-refractivity contribution in [2.75, 3.05) is 11.9 Å². The number of hydrogen-bond acceptors (Lipinski definition) is 2. The van der Waals surface area contributed by atoms with Crippen molar-refractivity contribution in [1.29, 1.82) is 0 Å². The summed E-state index contributed by atoms with van der Waals surface area (Å²) in [5, 5.41) is 5.29. The highest BCUT2D eigenvalue weighted by atomic mass is 19.1. The van der Waals surface area contributed by atoms with Crippen molar-refractivity contribution in [3.63, 3.8) is 0 Å².